The van der Waals surface area contributed by atoms with Gasteiger partial charge in [-0.2, -0.15) is 0 Å². The molecule has 0 heterocycles. The van der Waals surface area contributed by atoms with Crippen LogP contribution in [0.3, 0.4) is 0 Å². The monoisotopic (exact) mass is 101 g/mol. The van der Waals surface area contributed by atoms with Gasteiger partial charge in [-0.3, -0.25) is 0 Å². The minimum atomic E-state index is 0.738. The summed E-state index contributed by atoms with van der Waals surface area (Å²) < 4.78 is 4.60. The molecule has 43 valence electrons. The summed E-state index contributed by atoms with van der Waals surface area (Å²) in [5.41, 5.74) is 0. The summed E-state index contributed by atoms with van der Waals surface area (Å²) in [4.78, 5) is 0. The maximum atomic E-state index is 4.60. The molecule has 1 heteroatoms. The summed E-state index contributed by atoms with van der Waals surface area (Å²) >= 11 is 0. The van der Waals surface area contributed by atoms with E-state index in [-0.39, 0.29) is 0 Å². The second kappa shape index (κ2) is 4.13. The van der Waals surface area contributed by atoms with Crippen LogP contribution >= 0.6 is 0 Å². The van der Waals surface area contributed by atoms with Gasteiger partial charge in [-0.15, -0.1) is 0 Å². The molecule has 0 fully saturated rings. The molecule has 0 saturated heterocycles. The summed E-state index contributed by atoms with van der Waals surface area (Å²) in [6, 6.07) is 0. The Labute approximate surface area is 45.7 Å². The van der Waals surface area contributed by atoms with Crippen LogP contribution in [0.5, 0.6) is 0 Å². The molecule has 0 aromatic carbocycles. The second-order valence-corrected chi connectivity index (χ2v) is 2.09. The van der Waals surface area contributed by atoms with Crippen LogP contribution in [-0.4, -0.2) is 6.61 Å². The fraction of sp³-hybridized carbons (Fsp3) is 0.833. The quantitative estimate of drug-likeness (QED) is 0.527. The van der Waals surface area contributed by atoms with E-state index in [4.69, 9.17) is 0 Å². The van der Waals surface area contributed by atoms with Crippen LogP contribution in [-0.2, 0) is 4.74 Å². The van der Waals surface area contributed by atoms with Gasteiger partial charge in [0.15, 0.2) is 0 Å². The Kier molecular flexibility index (Phi) is 4.10. The van der Waals surface area contributed by atoms with Crippen LogP contribution in [0.25, 0.3) is 0 Å². The first kappa shape index (κ1) is 6.96. The van der Waals surface area contributed by atoms with Gasteiger partial charge in [-0.05, 0) is 12.3 Å². The van der Waals surface area contributed by atoms with Gasteiger partial charge in [-0.25, -0.2) is 0 Å². The Balaban J connectivity index is 2.68. The SMILES string of the molecule is [CH2]OCCC(C)C. The average molecular weight is 101 g/mol. The van der Waals surface area contributed by atoms with Gasteiger partial charge in [0, 0.05) is 6.61 Å². The third-order valence-electron chi connectivity index (χ3n) is 0.840. The minimum absolute atomic E-state index is 0.738. The van der Waals surface area contributed by atoms with E-state index >= 15 is 0 Å². The predicted octanol–water partition coefficient (Wildman–Crippen LogP) is 1.84. The fourth-order valence-corrected chi connectivity index (χ4v) is 0.319. The molecule has 0 aliphatic rings. The Morgan fingerprint density at radius 2 is 2.14 bits per heavy atom. The van der Waals surface area contributed by atoms with Gasteiger partial charge in [-0.1, -0.05) is 13.8 Å². The Morgan fingerprint density at radius 3 is 2.29 bits per heavy atom. The van der Waals surface area contributed by atoms with Crippen molar-refractivity contribution in [2.24, 2.45) is 5.92 Å². The molecule has 0 bridgehead atoms. The highest BCUT2D eigenvalue weighted by Crippen LogP contribution is 1.97. The number of rotatable bonds is 3. The lowest BCUT2D eigenvalue weighted by Gasteiger charge is -1.99. The summed E-state index contributed by atoms with van der Waals surface area (Å²) in [7, 11) is 3.26. The van der Waals surface area contributed by atoms with E-state index in [9.17, 15) is 0 Å². The number of ether oxygens (including phenoxy) is 1. The molecule has 0 atom stereocenters. The molecule has 0 aliphatic heterocycles. The first-order valence-corrected chi connectivity index (χ1v) is 2.64. The Morgan fingerprint density at radius 1 is 1.57 bits per heavy atom. The molecular weight excluding hydrogens is 88.1 g/mol. The van der Waals surface area contributed by atoms with E-state index in [2.05, 4.69) is 25.7 Å². The first-order chi connectivity index (χ1) is 3.27. The summed E-state index contributed by atoms with van der Waals surface area (Å²) in [5.74, 6) is 0.738. The zero-order valence-electron chi connectivity index (χ0n) is 5.11. The molecule has 7 heavy (non-hydrogen) atoms. The lowest BCUT2D eigenvalue weighted by atomic mass is 10.1. The van der Waals surface area contributed by atoms with Gasteiger partial charge in [0.05, 0.1) is 7.11 Å². The van der Waals surface area contributed by atoms with Crippen molar-refractivity contribution >= 4 is 0 Å². The van der Waals surface area contributed by atoms with Crippen LogP contribution < -0.4 is 0 Å². The standard InChI is InChI=1S/C6H13O/c1-6(2)4-5-7-3/h6H,3-5H2,1-2H3. The molecule has 0 amide bonds. The zero-order valence-corrected chi connectivity index (χ0v) is 5.11. The zero-order chi connectivity index (χ0) is 5.70. The van der Waals surface area contributed by atoms with Crippen molar-refractivity contribution in [1.29, 1.82) is 0 Å². The summed E-state index contributed by atoms with van der Waals surface area (Å²) in [5, 5.41) is 0. The third-order valence-corrected chi connectivity index (χ3v) is 0.840. The second-order valence-electron chi connectivity index (χ2n) is 2.09. The van der Waals surface area contributed by atoms with E-state index in [0.29, 0.717) is 0 Å². The molecule has 0 aliphatic carbocycles. The maximum absolute atomic E-state index is 4.60. The van der Waals surface area contributed by atoms with E-state index in [1.54, 1.807) is 0 Å². The topological polar surface area (TPSA) is 9.23 Å². The van der Waals surface area contributed by atoms with Gasteiger partial charge in [0.2, 0.25) is 0 Å². The van der Waals surface area contributed by atoms with Gasteiger partial charge >= 0.3 is 0 Å². The molecule has 0 aromatic heterocycles. The van der Waals surface area contributed by atoms with Crippen molar-refractivity contribution in [3.8, 4) is 0 Å². The van der Waals surface area contributed by atoms with E-state index in [1.807, 2.05) is 0 Å². The van der Waals surface area contributed by atoms with Gasteiger partial charge < -0.3 is 4.74 Å². The van der Waals surface area contributed by atoms with Crippen molar-refractivity contribution in [3.63, 3.8) is 0 Å². The minimum Gasteiger partial charge on any atom is -0.379 e. The maximum Gasteiger partial charge on any atom is 0.0700 e. The van der Waals surface area contributed by atoms with Crippen molar-refractivity contribution in [2.45, 2.75) is 20.3 Å². The molecular formula is C6H13O. The molecule has 0 saturated carbocycles. The first-order valence-electron chi connectivity index (χ1n) is 2.64. The van der Waals surface area contributed by atoms with E-state index in [1.165, 1.54) is 0 Å². The number of hydrogen-bond donors (Lipinski definition) is 0. The third kappa shape index (κ3) is 5.96. The summed E-state index contributed by atoms with van der Waals surface area (Å²) in [6.07, 6.45) is 1.11. The predicted molar refractivity (Wildman–Crippen MR) is 30.8 cm³/mol. The van der Waals surface area contributed by atoms with Crippen LogP contribution in [0.1, 0.15) is 20.3 Å². The molecule has 0 rings (SSSR count). The molecule has 0 unspecified atom stereocenters. The highest BCUT2D eigenvalue weighted by molar-refractivity contribution is 4.40. The van der Waals surface area contributed by atoms with Crippen LogP contribution in [0.4, 0.5) is 0 Å². The van der Waals surface area contributed by atoms with Crippen molar-refractivity contribution < 1.29 is 4.74 Å². The number of hydrogen-bond acceptors (Lipinski definition) is 1. The average Bonchev–Trinajstić information content (AvgIpc) is 1.61. The van der Waals surface area contributed by atoms with E-state index < -0.39 is 0 Å². The molecule has 0 N–H and O–H groups in total. The summed E-state index contributed by atoms with van der Waals surface area (Å²) in [6.45, 7) is 5.12. The largest absolute Gasteiger partial charge is 0.379 e. The molecule has 1 nitrogen and oxygen atoms in total. The smallest absolute Gasteiger partial charge is 0.0700 e. The van der Waals surface area contributed by atoms with Crippen molar-refractivity contribution in [3.05, 3.63) is 7.11 Å². The fourth-order valence-electron chi connectivity index (χ4n) is 0.319. The van der Waals surface area contributed by atoms with Gasteiger partial charge in [0.25, 0.3) is 0 Å². The van der Waals surface area contributed by atoms with Crippen molar-refractivity contribution in [1.82, 2.24) is 0 Å². The van der Waals surface area contributed by atoms with Crippen LogP contribution in [0.2, 0.25) is 0 Å². The Bertz CT molecular complexity index is 33.2. The highest BCUT2D eigenvalue weighted by Gasteiger charge is 1.89. The van der Waals surface area contributed by atoms with Gasteiger partial charge in [0.1, 0.15) is 0 Å². The molecule has 0 aromatic rings. The normalized spacial score (nSPS) is 10.3. The van der Waals surface area contributed by atoms with E-state index in [0.717, 1.165) is 18.9 Å². The molecule has 0 spiro atoms. The lowest BCUT2D eigenvalue weighted by Crippen LogP contribution is -1.92. The molecule has 1 radical (unpaired) electrons. The van der Waals surface area contributed by atoms with Crippen molar-refractivity contribution in [2.75, 3.05) is 6.61 Å². The Hall–Kier alpha value is -0.0400. The lowest BCUT2D eigenvalue weighted by molar-refractivity contribution is 0.222. The van der Waals surface area contributed by atoms with Crippen LogP contribution in [0.15, 0.2) is 0 Å². The van der Waals surface area contributed by atoms with Crippen LogP contribution in [0, 0.1) is 13.0 Å². The highest BCUT2D eigenvalue weighted by atomic mass is 16.5.